The van der Waals surface area contributed by atoms with Crippen LogP contribution in [-0.4, -0.2) is 20.4 Å². The molecule has 2 aromatic heterocycles. The van der Waals surface area contributed by atoms with Crippen molar-refractivity contribution in [2.24, 2.45) is 5.10 Å². The maximum atomic E-state index is 13.4. The largest absolute Gasteiger partial charge is 0.318 e. The van der Waals surface area contributed by atoms with Gasteiger partial charge in [0.25, 0.3) is 5.56 Å². The molecule has 170 valence electrons. The van der Waals surface area contributed by atoms with E-state index in [1.54, 1.807) is 6.21 Å². The second-order valence-corrected chi connectivity index (χ2v) is 9.73. The fourth-order valence-corrected chi connectivity index (χ4v) is 4.66. The van der Waals surface area contributed by atoms with E-state index in [9.17, 15) is 4.79 Å². The highest BCUT2D eigenvalue weighted by atomic mass is 79.9. The Balaban J connectivity index is 1.85. The van der Waals surface area contributed by atoms with Crippen molar-refractivity contribution in [3.8, 4) is 5.69 Å². The van der Waals surface area contributed by atoms with Crippen molar-refractivity contribution in [1.82, 2.24) is 14.2 Å². The molecule has 4 aromatic rings. The average molecular weight is 505 g/mol. The van der Waals surface area contributed by atoms with Crippen molar-refractivity contribution in [1.29, 1.82) is 0 Å². The SMILES string of the molecule is CC[C@H](C)c1nc2ccc(Br)cc2c(=O)n1N=Cc1cc(C)n(-c2cc(C)cc(C)c2)c1C. The molecule has 1 atom stereocenters. The summed E-state index contributed by atoms with van der Waals surface area (Å²) in [6, 6.07) is 14.2. The molecule has 2 aromatic carbocycles. The van der Waals surface area contributed by atoms with Gasteiger partial charge in [0.1, 0.15) is 5.82 Å². The number of halogens is 1. The van der Waals surface area contributed by atoms with E-state index in [1.165, 1.54) is 15.8 Å². The summed E-state index contributed by atoms with van der Waals surface area (Å²) in [4.78, 5) is 18.2. The summed E-state index contributed by atoms with van der Waals surface area (Å²) < 4.78 is 4.54. The lowest BCUT2D eigenvalue weighted by Gasteiger charge is -2.14. The predicted octanol–water partition coefficient (Wildman–Crippen LogP) is 6.58. The maximum absolute atomic E-state index is 13.4. The van der Waals surface area contributed by atoms with Gasteiger partial charge in [-0.3, -0.25) is 4.79 Å². The van der Waals surface area contributed by atoms with Crippen LogP contribution in [0.15, 0.2) is 56.8 Å². The summed E-state index contributed by atoms with van der Waals surface area (Å²) in [7, 11) is 0. The van der Waals surface area contributed by atoms with Gasteiger partial charge in [0.2, 0.25) is 0 Å². The molecular formula is C27H29BrN4O. The fraction of sp³-hybridized carbons (Fsp3) is 0.296. The first kappa shape index (κ1) is 23.2. The van der Waals surface area contributed by atoms with Gasteiger partial charge in [-0.25, -0.2) is 4.98 Å². The van der Waals surface area contributed by atoms with Crippen molar-refractivity contribution in [3.63, 3.8) is 0 Å². The zero-order chi connectivity index (χ0) is 23.9. The molecule has 0 aliphatic carbocycles. The van der Waals surface area contributed by atoms with Gasteiger partial charge in [-0.2, -0.15) is 9.78 Å². The van der Waals surface area contributed by atoms with Crippen LogP contribution in [0.2, 0.25) is 0 Å². The van der Waals surface area contributed by atoms with E-state index in [4.69, 9.17) is 4.98 Å². The third-order valence-corrected chi connectivity index (χ3v) is 6.63. The Hall–Kier alpha value is -2.99. The number of benzene rings is 2. The van der Waals surface area contributed by atoms with Crippen LogP contribution in [-0.2, 0) is 0 Å². The van der Waals surface area contributed by atoms with E-state index in [0.717, 1.165) is 33.5 Å². The van der Waals surface area contributed by atoms with Crippen molar-refractivity contribution in [3.05, 3.63) is 91.2 Å². The highest BCUT2D eigenvalue weighted by Crippen LogP contribution is 2.23. The highest BCUT2D eigenvalue weighted by Gasteiger charge is 2.16. The maximum Gasteiger partial charge on any atom is 0.282 e. The zero-order valence-electron chi connectivity index (χ0n) is 20.0. The van der Waals surface area contributed by atoms with Crippen LogP contribution < -0.4 is 5.56 Å². The van der Waals surface area contributed by atoms with Gasteiger partial charge in [-0.15, -0.1) is 0 Å². The zero-order valence-corrected chi connectivity index (χ0v) is 21.6. The normalized spacial score (nSPS) is 12.7. The van der Waals surface area contributed by atoms with E-state index in [1.807, 2.05) is 18.2 Å². The number of nitrogens with zero attached hydrogens (tertiary/aromatic N) is 4. The second-order valence-electron chi connectivity index (χ2n) is 8.81. The van der Waals surface area contributed by atoms with Gasteiger partial charge in [-0.1, -0.05) is 35.8 Å². The van der Waals surface area contributed by atoms with E-state index in [2.05, 4.69) is 91.4 Å². The van der Waals surface area contributed by atoms with Crippen molar-refractivity contribution < 1.29 is 0 Å². The van der Waals surface area contributed by atoms with E-state index >= 15 is 0 Å². The molecule has 0 saturated carbocycles. The van der Waals surface area contributed by atoms with Crippen LogP contribution in [0.4, 0.5) is 0 Å². The molecule has 0 fully saturated rings. The number of aryl methyl sites for hydroxylation is 3. The van der Waals surface area contributed by atoms with Crippen molar-refractivity contribution >= 4 is 33.0 Å². The molecule has 0 unspecified atom stereocenters. The predicted molar refractivity (Wildman–Crippen MR) is 140 cm³/mol. The van der Waals surface area contributed by atoms with Crippen molar-refractivity contribution in [2.45, 2.75) is 53.9 Å². The van der Waals surface area contributed by atoms with Crippen LogP contribution in [0.1, 0.15) is 60.1 Å². The Morgan fingerprint density at radius 2 is 1.76 bits per heavy atom. The van der Waals surface area contributed by atoms with Gasteiger partial charge in [-0.05, 0) is 81.6 Å². The topological polar surface area (TPSA) is 52.2 Å². The van der Waals surface area contributed by atoms with Gasteiger partial charge < -0.3 is 4.57 Å². The molecular weight excluding hydrogens is 476 g/mol. The lowest BCUT2D eigenvalue weighted by molar-refractivity contribution is 0.613. The number of hydrogen-bond acceptors (Lipinski definition) is 3. The minimum absolute atomic E-state index is 0.102. The molecule has 0 N–H and O–H groups in total. The molecule has 0 amide bonds. The fourth-order valence-electron chi connectivity index (χ4n) is 4.29. The van der Waals surface area contributed by atoms with E-state index < -0.39 is 0 Å². The highest BCUT2D eigenvalue weighted by molar-refractivity contribution is 9.10. The first-order valence-corrected chi connectivity index (χ1v) is 12.0. The van der Waals surface area contributed by atoms with E-state index in [0.29, 0.717) is 16.7 Å². The third kappa shape index (κ3) is 4.44. The summed E-state index contributed by atoms with van der Waals surface area (Å²) >= 11 is 3.46. The summed E-state index contributed by atoms with van der Waals surface area (Å²) in [6.45, 7) is 12.6. The van der Waals surface area contributed by atoms with Crippen LogP contribution in [0, 0.1) is 27.7 Å². The Kier molecular flexibility index (Phi) is 6.39. The lowest BCUT2D eigenvalue weighted by atomic mass is 10.1. The Morgan fingerprint density at radius 3 is 2.42 bits per heavy atom. The van der Waals surface area contributed by atoms with Crippen molar-refractivity contribution in [2.75, 3.05) is 0 Å². The summed E-state index contributed by atoms with van der Waals surface area (Å²) in [5.74, 6) is 0.780. The van der Waals surface area contributed by atoms with Crippen LogP contribution >= 0.6 is 15.9 Å². The molecule has 4 rings (SSSR count). The number of aromatic nitrogens is 3. The molecule has 0 spiro atoms. The first-order chi connectivity index (χ1) is 15.7. The molecule has 2 heterocycles. The summed E-state index contributed by atoms with van der Waals surface area (Å²) in [5, 5.41) is 5.21. The van der Waals surface area contributed by atoms with Crippen LogP contribution in [0.25, 0.3) is 16.6 Å². The standard InChI is InChI=1S/C27H29BrN4O/c1-7-18(4)26-30-25-9-8-22(28)14-24(25)27(33)32(26)29-15-21-13-19(5)31(20(21)6)23-11-16(2)10-17(3)12-23/h8-15,18H,7H2,1-6H3/t18-/m0/s1. The number of rotatable bonds is 5. The van der Waals surface area contributed by atoms with Gasteiger partial charge in [0, 0.05) is 33.0 Å². The number of hydrogen-bond donors (Lipinski definition) is 0. The molecule has 0 aliphatic heterocycles. The third-order valence-electron chi connectivity index (χ3n) is 6.13. The molecule has 0 radical (unpaired) electrons. The summed E-state index contributed by atoms with van der Waals surface area (Å²) in [6.07, 6.45) is 2.64. The molecule has 6 heteroatoms. The minimum atomic E-state index is -0.157. The monoisotopic (exact) mass is 504 g/mol. The van der Waals surface area contributed by atoms with E-state index in [-0.39, 0.29) is 11.5 Å². The Bertz CT molecular complexity index is 1420. The Morgan fingerprint density at radius 1 is 1.06 bits per heavy atom. The molecule has 5 nitrogen and oxygen atoms in total. The summed E-state index contributed by atoms with van der Waals surface area (Å²) in [5.41, 5.74) is 7.30. The van der Waals surface area contributed by atoms with Crippen LogP contribution in [0.3, 0.4) is 0 Å². The van der Waals surface area contributed by atoms with Crippen LogP contribution in [0.5, 0.6) is 0 Å². The lowest BCUT2D eigenvalue weighted by Crippen LogP contribution is -2.23. The second kappa shape index (κ2) is 9.10. The quantitative estimate of drug-likeness (QED) is 0.288. The molecule has 0 saturated heterocycles. The molecule has 0 bridgehead atoms. The molecule has 33 heavy (non-hydrogen) atoms. The Labute approximate surface area is 202 Å². The molecule has 0 aliphatic rings. The van der Waals surface area contributed by atoms with Gasteiger partial charge in [0.15, 0.2) is 0 Å². The average Bonchev–Trinajstić information content (AvgIpc) is 3.05. The smallest absolute Gasteiger partial charge is 0.282 e. The number of fused-ring (bicyclic) bond motifs is 1. The van der Waals surface area contributed by atoms with Gasteiger partial charge >= 0.3 is 0 Å². The minimum Gasteiger partial charge on any atom is -0.318 e. The van der Waals surface area contributed by atoms with Gasteiger partial charge in [0.05, 0.1) is 17.1 Å². The first-order valence-electron chi connectivity index (χ1n) is 11.2.